The van der Waals surface area contributed by atoms with Crippen LogP contribution in [0.1, 0.15) is 16.8 Å². The number of pyridine rings is 1. The van der Waals surface area contributed by atoms with Gasteiger partial charge in [0.15, 0.2) is 5.96 Å². The molecule has 0 amide bonds. The molecule has 124 valence electrons. The maximum Gasteiger partial charge on any atom is 0.191 e. The first-order valence-corrected chi connectivity index (χ1v) is 6.89. The highest BCUT2D eigenvalue weighted by Crippen LogP contribution is 2.09. The molecule has 0 fully saturated rings. The number of nitrogens with zero attached hydrogens (tertiary/aromatic N) is 2. The van der Waals surface area contributed by atoms with Gasteiger partial charge in [0, 0.05) is 25.4 Å². The van der Waals surface area contributed by atoms with Gasteiger partial charge in [-0.05, 0) is 36.8 Å². The van der Waals surface area contributed by atoms with Crippen LogP contribution < -0.4 is 10.6 Å². The van der Waals surface area contributed by atoms with Crippen LogP contribution in [0.25, 0.3) is 0 Å². The van der Waals surface area contributed by atoms with Crippen molar-refractivity contribution in [3.8, 4) is 0 Å². The smallest absolute Gasteiger partial charge is 0.191 e. The minimum atomic E-state index is -0.467. The molecule has 0 spiro atoms. The van der Waals surface area contributed by atoms with Crippen molar-refractivity contribution in [2.75, 3.05) is 7.05 Å². The molecular formula is C16H19F2IN4. The molecule has 1 aromatic heterocycles. The highest BCUT2D eigenvalue weighted by molar-refractivity contribution is 14.0. The molecule has 23 heavy (non-hydrogen) atoms. The lowest BCUT2D eigenvalue weighted by molar-refractivity contribution is 0.581. The van der Waals surface area contributed by atoms with Gasteiger partial charge >= 0.3 is 0 Å². The maximum absolute atomic E-state index is 13.6. The number of guanidine groups is 1. The van der Waals surface area contributed by atoms with E-state index in [4.69, 9.17) is 0 Å². The number of benzene rings is 1. The van der Waals surface area contributed by atoms with Crippen LogP contribution in [0.2, 0.25) is 0 Å². The second-order valence-corrected chi connectivity index (χ2v) is 4.78. The van der Waals surface area contributed by atoms with E-state index < -0.39 is 11.6 Å². The third-order valence-corrected chi connectivity index (χ3v) is 3.22. The summed E-state index contributed by atoms with van der Waals surface area (Å²) in [6, 6.07) is 7.22. The van der Waals surface area contributed by atoms with Gasteiger partial charge in [-0.1, -0.05) is 6.07 Å². The van der Waals surface area contributed by atoms with E-state index in [-0.39, 0.29) is 36.1 Å². The van der Waals surface area contributed by atoms with Crippen LogP contribution in [0.4, 0.5) is 8.78 Å². The first-order chi connectivity index (χ1) is 10.6. The van der Waals surface area contributed by atoms with Gasteiger partial charge in [0.25, 0.3) is 0 Å². The van der Waals surface area contributed by atoms with Crippen LogP contribution in [-0.2, 0) is 13.1 Å². The monoisotopic (exact) mass is 432 g/mol. The summed E-state index contributed by atoms with van der Waals surface area (Å²) >= 11 is 0. The second kappa shape index (κ2) is 9.39. The summed E-state index contributed by atoms with van der Waals surface area (Å²) in [6.07, 6.45) is 1.72. The zero-order valence-corrected chi connectivity index (χ0v) is 15.3. The fraction of sp³-hybridized carbons (Fsp3) is 0.250. The Morgan fingerprint density at radius 2 is 1.91 bits per heavy atom. The largest absolute Gasteiger partial charge is 0.352 e. The topological polar surface area (TPSA) is 49.3 Å². The molecule has 4 nitrogen and oxygen atoms in total. The van der Waals surface area contributed by atoms with Crippen LogP contribution in [0, 0.1) is 18.6 Å². The lowest BCUT2D eigenvalue weighted by atomic mass is 10.2. The molecule has 0 saturated carbocycles. The van der Waals surface area contributed by atoms with E-state index in [0.29, 0.717) is 12.5 Å². The van der Waals surface area contributed by atoms with Gasteiger partial charge in [0.2, 0.25) is 0 Å². The number of halogens is 3. The summed E-state index contributed by atoms with van der Waals surface area (Å²) in [7, 11) is 1.61. The van der Waals surface area contributed by atoms with E-state index in [9.17, 15) is 8.78 Å². The Morgan fingerprint density at radius 1 is 1.17 bits per heavy atom. The van der Waals surface area contributed by atoms with Gasteiger partial charge in [-0.25, -0.2) is 8.78 Å². The molecule has 0 radical (unpaired) electrons. The van der Waals surface area contributed by atoms with E-state index >= 15 is 0 Å². The van der Waals surface area contributed by atoms with Crippen LogP contribution in [0.3, 0.4) is 0 Å². The Bertz CT molecular complexity index is 677. The van der Waals surface area contributed by atoms with Crippen molar-refractivity contribution in [2.45, 2.75) is 20.0 Å². The van der Waals surface area contributed by atoms with Gasteiger partial charge in [0.1, 0.15) is 11.6 Å². The lowest BCUT2D eigenvalue weighted by Crippen LogP contribution is -2.36. The predicted octanol–water partition coefficient (Wildman–Crippen LogP) is 3.15. The third kappa shape index (κ3) is 5.74. The Labute approximate surface area is 151 Å². The molecule has 0 unspecified atom stereocenters. The number of aryl methyl sites for hydroxylation is 1. The molecule has 1 aromatic carbocycles. The van der Waals surface area contributed by atoms with Crippen molar-refractivity contribution < 1.29 is 8.78 Å². The van der Waals surface area contributed by atoms with E-state index in [1.807, 2.05) is 19.1 Å². The molecule has 0 saturated heterocycles. The molecule has 1 heterocycles. The Morgan fingerprint density at radius 3 is 2.61 bits per heavy atom. The Hall–Kier alpha value is -1.77. The number of nitrogens with one attached hydrogen (secondary N) is 2. The number of hydrogen-bond acceptors (Lipinski definition) is 2. The second-order valence-electron chi connectivity index (χ2n) is 4.78. The van der Waals surface area contributed by atoms with Crippen molar-refractivity contribution in [1.29, 1.82) is 0 Å². The molecule has 2 rings (SSSR count). The quantitative estimate of drug-likeness (QED) is 0.444. The Balaban J connectivity index is 0.00000264. The van der Waals surface area contributed by atoms with Crippen LogP contribution in [0.15, 0.2) is 41.5 Å². The summed E-state index contributed by atoms with van der Waals surface area (Å²) in [5.74, 6) is -0.427. The average Bonchev–Trinajstić information content (AvgIpc) is 2.52. The molecule has 0 atom stereocenters. The molecule has 0 aliphatic heterocycles. The summed E-state index contributed by atoms with van der Waals surface area (Å²) in [5, 5.41) is 6.04. The van der Waals surface area contributed by atoms with Crippen LogP contribution in [-0.4, -0.2) is 18.0 Å². The predicted molar refractivity (Wildman–Crippen MR) is 97.8 cm³/mol. The highest BCUT2D eigenvalue weighted by Gasteiger charge is 2.06. The highest BCUT2D eigenvalue weighted by atomic mass is 127. The number of aliphatic imine (C=N–C) groups is 1. The van der Waals surface area contributed by atoms with E-state index in [0.717, 1.165) is 23.4 Å². The molecule has 2 aromatic rings. The van der Waals surface area contributed by atoms with E-state index in [2.05, 4.69) is 20.6 Å². The fourth-order valence-electron chi connectivity index (χ4n) is 1.95. The summed E-state index contributed by atoms with van der Waals surface area (Å²) in [5.41, 5.74) is 2.22. The lowest BCUT2D eigenvalue weighted by Gasteiger charge is -2.13. The number of aromatic nitrogens is 1. The summed E-state index contributed by atoms with van der Waals surface area (Å²) in [6.45, 7) is 2.62. The van der Waals surface area contributed by atoms with Crippen molar-refractivity contribution in [3.05, 3.63) is 65.0 Å². The maximum atomic E-state index is 13.6. The molecule has 7 heteroatoms. The normalized spacial score (nSPS) is 10.9. The van der Waals surface area contributed by atoms with Gasteiger partial charge in [-0.2, -0.15) is 0 Å². The number of rotatable bonds is 4. The van der Waals surface area contributed by atoms with Gasteiger partial charge in [-0.3, -0.25) is 9.98 Å². The molecule has 0 aliphatic carbocycles. The minimum Gasteiger partial charge on any atom is -0.352 e. The molecule has 2 N–H and O–H groups in total. The van der Waals surface area contributed by atoms with E-state index in [1.165, 1.54) is 6.07 Å². The van der Waals surface area contributed by atoms with Gasteiger partial charge < -0.3 is 10.6 Å². The SMILES string of the molecule is CN=C(NCc1cc(F)ccc1F)NCc1ncccc1C.I. The van der Waals surface area contributed by atoms with Crippen molar-refractivity contribution >= 4 is 29.9 Å². The standard InChI is InChI=1S/C16H18F2N4.HI/c1-11-4-3-7-20-15(11)10-22-16(19-2)21-9-12-8-13(17)5-6-14(12)18;/h3-8H,9-10H2,1-2H3,(H2,19,21,22);1H. The van der Waals surface area contributed by atoms with Gasteiger partial charge in [0.05, 0.1) is 12.2 Å². The summed E-state index contributed by atoms with van der Waals surface area (Å²) < 4.78 is 26.7. The fourth-order valence-corrected chi connectivity index (χ4v) is 1.95. The average molecular weight is 432 g/mol. The zero-order valence-electron chi connectivity index (χ0n) is 12.9. The van der Waals surface area contributed by atoms with Crippen LogP contribution in [0.5, 0.6) is 0 Å². The van der Waals surface area contributed by atoms with Gasteiger partial charge in [-0.15, -0.1) is 24.0 Å². The number of hydrogen-bond donors (Lipinski definition) is 2. The minimum absolute atomic E-state index is 0. The van der Waals surface area contributed by atoms with Crippen molar-refractivity contribution in [2.24, 2.45) is 4.99 Å². The van der Waals surface area contributed by atoms with Crippen molar-refractivity contribution in [3.63, 3.8) is 0 Å². The van der Waals surface area contributed by atoms with E-state index in [1.54, 1.807) is 13.2 Å². The molecule has 0 aliphatic rings. The third-order valence-electron chi connectivity index (χ3n) is 3.22. The van der Waals surface area contributed by atoms with Crippen LogP contribution >= 0.6 is 24.0 Å². The Kier molecular flexibility index (Phi) is 7.87. The molecular weight excluding hydrogens is 413 g/mol. The first-order valence-electron chi connectivity index (χ1n) is 6.89. The first kappa shape index (κ1) is 19.3. The zero-order chi connectivity index (χ0) is 15.9. The summed E-state index contributed by atoms with van der Waals surface area (Å²) in [4.78, 5) is 8.32. The van der Waals surface area contributed by atoms with Crippen molar-refractivity contribution in [1.82, 2.24) is 15.6 Å². The molecule has 0 bridgehead atoms.